The number of rotatable bonds is 3. The zero-order valence-corrected chi connectivity index (χ0v) is 7.09. The van der Waals surface area contributed by atoms with Crippen molar-refractivity contribution in [2.24, 2.45) is 0 Å². The Kier molecular flexibility index (Phi) is 3.15. The van der Waals surface area contributed by atoms with E-state index in [2.05, 4.69) is 24.6 Å². The molecule has 1 heterocycles. The van der Waals surface area contributed by atoms with Crippen LogP contribution in [0.3, 0.4) is 0 Å². The number of hydrogen-bond acceptors (Lipinski definition) is 1. The average molecular weight is 159 g/mol. The van der Waals surface area contributed by atoms with Gasteiger partial charge >= 0.3 is 0 Å². The molecule has 0 radical (unpaired) electrons. The van der Waals surface area contributed by atoms with Gasteiger partial charge in [0.15, 0.2) is 0 Å². The molecule has 1 aliphatic heterocycles. The molecule has 0 saturated carbocycles. The molecule has 0 bridgehead atoms. The van der Waals surface area contributed by atoms with Crippen LogP contribution in [0.5, 0.6) is 0 Å². The molecule has 1 rings (SSSR count). The van der Waals surface area contributed by atoms with E-state index in [-0.39, 0.29) is 0 Å². The summed E-state index contributed by atoms with van der Waals surface area (Å²) < 4.78 is 0. The number of dihydropyridines is 1. The van der Waals surface area contributed by atoms with Gasteiger partial charge < -0.3 is 5.32 Å². The lowest BCUT2D eigenvalue weighted by atomic mass is 10.1. The maximum absolute atomic E-state index is 3.93. The van der Waals surface area contributed by atoms with Crippen molar-refractivity contribution >= 4 is 0 Å². The zero-order valence-electron chi connectivity index (χ0n) is 7.09. The molecule has 1 aliphatic rings. The lowest BCUT2D eigenvalue weighted by Crippen LogP contribution is -2.08. The summed E-state index contributed by atoms with van der Waals surface area (Å²) in [6.07, 6.45) is 11.6. The van der Waals surface area contributed by atoms with Gasteiger partial charge in [0, 0.05) is 6.54 Å². The highest BCUT2D eigenvalue weighted by molar-refractivity contribution is 5.46. The van der Waals surface area contributed by atoms with E-state index in [1.807, 2.05) is 24.4 Å². The molecule has 0 aromatic heterocycles. The maximum atomic E-state index is 3.93. The van der Waals surface area contributed by atoms with E-state index in [1.165, 1.54) is 5.57 Å². The van der Waals surface area contributed by atoms with E-state index >= 15 is 0 Å². The van der Waals surface area contributed by atoms with Crippen molar-refractivity contribution < 1.29 is 0 Å². The van der Waals surface area contributed by atoms with Crippen molar-refractivity contribution in [1.82, 2.24) is 5.32 Å². The molecule has 62 valence electrons. The lowest BCUT2D eigenvalue weighted by molar-refractivity contribution is 0.962. The predicted octanol–water partition coefficient (Wildman–Crippen LogP) is 2.33. The van der Waals surface area contributed by atoms with Crippen LogP contribution in [0.25, 0.3) is 0 Å². The van der Waals surface area contributed by atoms with Gasteiger partial charge in [0.2, 0.25) is 0 Å². The van der Waals surface area contributed by atoms with E-state index < -0.39 is 0 Å². The molecule has 1 N–H and O–H groups in total. The van der Waals surface area contributed by atoms with Crippen LogP contribution in [-0.2, 0) is 0 Å². The molecular weight excluding hydrogens is 146 g/mol. The summed E-state index contributed by atoms with van der Waals surface area (Å²) in [6.45, 7) is 8.42. The van der Waals surface area contributed by atoms with Crippen LogP contribution in [0.15, 0.2) is 60.9 Å². The first-order valence-corrected chi connectivity index (χ1v) is 3.93. The van der Waals surface area contributed by atoms with Crippen molar-refractivity contribution in [2.45, 2.75) is 0 Å². The monoisotopic (exact) mass is 159 g/mol. The normalized spacial score (nSPS) is 15.5. The molecule has 0 saturated heterocycles. The van der Waals surface area contributed by atoms with Crippen molar-refractivity contribution in [2.75, 3.05) is 6.54 Å². The van der Waals surface area contributed by atoms with Gasteiger partial charge in [0.1, 0.15) is 0 Å². The van der Waals surface area contributed by atoms with Crippen LogP contribution >= 0.6 is 0 Å². The molecule has 0 unspecified atom stereocenters. The summed E-state index contributed by atoms with van der Waals surface area (Å²) in [5.41, 5.74) is 2.19. The van der Waals surface area contributed by atoms with Crippen molar-refractivity contribution in [3.05, 3.63) is 60.9 Å². The van der Waals surface area contributed by atoms with Gasteiger partial charge in [-0.1, -0.05) is 37.5 Å². The molecule has 0 aliphatic carbocycles. The zero-order chi connectivity index (χ0) is 8.81. The molecule has 0 atom stereocenters. The van der Waals surface area contributed by atoms with Gasteiger partial charge in [0.05, 0.1) is 0 Å². The summed E-state index contributed by atoms with van der Waals surface area (Å²) in [7, 11) is 0. The topological polar surface area (TPSA) is 12.0 Å². The highest BCUT2D eigenvalue weighted by atomic mass is 14.8. The van der Waals surface area contributed by atoms with Gasteiger partial charge in [-0.15, -0.1) is 0 Å². The first-order chi connectivity index (χ1) is 5.84. The van der Waals surface area contributed by atoms with Gasteiger partial charge in [-0.2, -0.15) is 0 Å². The molecule has 0 amide bonds. The predicted molar refractivity (Wildman–Crippen MR) is 53.7 cm³/mol. The van der Waals surface area contributed by atoms with Gasteiger partial charge in [0.25, 0.3) is 0 Å². The first kappa shape index (κ1) is 8.60. The van der Waals surface area contributed by atoms with Gasteiger partial charge in [-0.3, -0.25) is 0 Å². The standard InChI is InChI=1S/C11H13N/c1-3-4-5-10(2)11-6-8-12-9-7-11/h3-8,12H,1-2,9H2/b5-4-. The number of hydrogen-bond donors (Lipinski definition) is 1. The van der Waals surface area contributed by atoms with Gasteiger partial charge in [-0.05, 0) is 23.4 Å². The highest BCUT2D eigenvalue weighted by Gasteiger charge is 1.96. The molecule has 12 heavy (non-hydrogen) atoms. The number of nitrogens with one attached hydrogen (secondary N) is 1. The van der Waals surface area contributed by atoms with Crippen molar-refractivity contribution in [3.63, 3.8) is 0 Å². The summed E-state index contributed by atoms with van der Waals surface area (Å²) in [5, 5.41) is 3.08. The molecule has 1 nitrogen and oxygen atoms in total. The molecule has 1 heteroatoms. The molecule has 0 aromatic carbocycles. The minimum atomic E-state index is 0.882. The summed E-state index contributed by atoms with van der Waals surface area (Å²) in [4.78, 5) is 0. The summed E-state index contributed by atoms with van der Waals surface area (Å²) >= 11 is 0. The van der Waals surface area contributed by atoms with E-state index in [4.69, 9.17) is 0 Å². The third kappa shape index (κ3) is 2.27. The Bertz CT molecular complexity index is 267. The van der Waals surface area contributed by atoms with Crippen LogP contribution < -0.4 is 5.32 Å². The van der Waals surface area contributed by atoms with Gasteiger partial charge in [-0.25, -0.2) is 0 Å². The SMILES string of the molecule is C=C/C=C\C(=C)C1=CCNC=C1. The Morgan fingerprint density at radius 2 is 2.42 bits per heavy atom. The van der Waals surface area contributed by atoms with E-state index in [1.54, 1.807) is 6.08 Å². The van der Waals surface area contributed by atoms with Crippen molar-refractivity contribution in [3.8, 4) is 0 Å². The van der Waals surface area contributed by atoms with Crippen LogP contribution in [0.2, 0.25) is 0 Å². The molecular formula is C11H13N. The third-order valence-electron chi connectivity index (χ3n) is 1.62. The summed E-state index contributed by atoms with van der Waals surface area (Å²) in [5.74, 6) is 0. The fourth-order valence-corrected chi connectivity index (χ4v) is 0.972. The Labute approximate surface area is 73.5 Å². The second-order valence-electron chi connectivity index (χ2n) is 2.52. The Hall–Kier alpha value is -1.50. The minimum absolute atomic E-state index is 0.882. The van der Waals surface area contributed by atoms with Crippen molar-refractivity contribution in [1.29, 1.82) is 0 Å². The Morgan fingerprint density at radius 1 is 1.58 bits per heavy atom. The second-order valence-corrected chi connectivity index (χ2v) is 2.52. The number of allylic oxidation sites excluding steroid dienone is 6. The average Bonchev–Trinajstić information content (AvgIpc) is 2.15. The fourth-order valence-electron chi connectivity index (χ4n) is 0.972. The van der Waals surface area contributed by atoms with Crippen LogP contribution in [0.4, 0.5) is 0 Å². The minimum Gasteiger partial charge on any atom is -0.387 e. The van der Waals surface area contributed by atoms with Crippen LogP contribution in [-0.4, -0.2) is 6.54 Å². The maximum Gasteiger partial charge on any atom is 0.0334 e. The lowest BCUT2D eigenvalue weighted by Gasteiger charge is -2.07. The third-order valence-corrected chi connectivity index (χ3v) is 1.62. The van der Waals surface area contributed by atoms with Crippen LogP contribution in [0.1, 0.15) is 0 Å². The van der Waals surface area contributed by atoms with E-state index in [9.17, 15) is 0 Å². The molecule has 0 fully saturated rings. The Balaban J connectivity index is 2.63. The summed E-state index contributed by atoms with van der Waals surface area (Å²) in [6, 6.07) is 0. The first-order valence-electron chi connectivity index (χ1n) is 3.93. The molecule has 0 spiro atoms. The van der Waals surface area contributed by atoms with Crippen LogP contribution in [0, 0.1) is 0 Å². The highest BCUT2D eigenvalue weighted by Crippen LogP contribution is 2.12. The quantitative estimate of drug-likeness (QED) is 0.623. The Morgan fingerprint density at radius 3 is 3.00 bits per heavy atom. The van der Waals surface area contributed by atoms with E-state index in [0.29, 0.717) is 0 Å². The smallest absolute Gasteiger partial charge is 0.0334 e. The fraction of sp³-hybridized carbons (Fsp3) is 0.0909. The largest absolute Gasteiger partial charge is 0.387 e. The molecule has 0 aromatic rings. The van der Waals surface area contributed by atoms with E-state index in [0.717, 1.165) is 12.1 Å². The second kappa shape index (κ2) is 4.39.